The van der Waals surface area contributed by atoms with Gasteiger partial charge in [-0.1, -0.05) is 0 Å². The minimum absolute atomic E-state index is 0.0870. The largest absolute Gasteiger partial charge is 0.454 e. The Balaban J connectivity index is 1.33. The van der Waals surface area contributed by atoms with Gasteiger partial charge in [-0.3, -0.25) is 4.79 Å². The smallest absolute Gasteiger partial charge is 0.231 e. The third-order valence-corrected chi connectivity index (χ3v) is 5.35. The van der Waals surface area contributed by atoms with Crippen LogP contribution in [0, 0.1) is 11.3 Å². The lowest BCUT2D eigenvalue weighted by Gasteiger charge is -2.08. The zero-order valence-corrected chi connectivity index (χ0v) is 14.9. The molecular formula is C19H17N3O3S. The van der Waals surface area contributed by atoms with E-state index in [0.717, 1.165) is 30.0 Å². The van der Waals surface area contributed by atoms with Crippen LogP contribution in [0.25, 0.3) is 0 Å². The van der Waals surface area contributed by atoms with Crippen molar-refractivity contribution in [1.82, 2.24) is 4.98 Å². The number of ether oxygens (including phenoxy) is 2. The highest BCUT2D eigenvalue weighted by atomic mass is 32.2. The fourth-order valence-corrected chi connectivity index (χ4v) is 4.00. The van der Waals surface area contributed by atoms with E-state index < -0.39 is 0 Å². The molecule has 1 aromatic heterocycles. The Hall–Kier alpha value is -2.72. The molecule has 4 rings (SSSR count). The van der Waals surface area contributed by atoms with Gasteiger partial charge in [0.2, 0.25) is 12.7 Å². The summed E-state index contributed by atoms with van der Waals surface area (Å²) in [6.07, 6.45) is 3.40. The lowest BCUT2D eigenvalue weighted by Crippen LogP contribution is -2.12. The molecule has 0 saturated heterocycles. The van der Waals surface area contributed by atoms with Crippen molar-refractivity contribution in [3.63, 3.8) is 0 Å². The number of nitrogens with zero attached hydrogens (tertiary/aromatic N) is 2. The summed E-state index contributed by atoms with van der Waals surface area (Å²) in [5.74, 6) is 1.80. The molecule has 1 aliphatic carbocycles. The van der Waals surface area contributed by atoms with Gasteiger partial charge in [0.05, 0.1) is 5.56 Å². The molecule has 2 aromatic rings. The summed E-state index contributed by atoms with van der Waals surface area (Å²) < 4.78 is 10.6. The number of pyridine rings is 1. The van der Waals surface area contributed by atoms with Crippen LogP contribution in [0.5, 0.6) is 11.5 Å². The van der Waals surface area contributed by atoms with Crippen molar-refractivity contribution in [2.45, 2.75) is 30.7 Å². The van der Waals surface area contributed by atoms with Crippen LogP contribution in [0.4, 0.5) is 5.69 Å². The maximum absolute atomic E-state index is 12.2. The number of fused-ring (bicyclic) bond motifs is 2. The summed E-state index contributed by atoms with van der Waals surface area (Å²) in [7, 11) is 0. The van der Waals surface area contributed by atoms with Crippen molar-refractivity contribution in [1.29, 1.82) is 5.26 Å². The lowest BCUT2D eigenvalue weighted by atomic mass is 10.2. The summed E-state index contributed by atoms with van der Waals surface area (Å²) in [5, 5.41) is 12.9. The molecule has 0 unspecified atom stereocenters. The molecule has 6 nitrogen and oxygen atoms in total. The van der Waals surface area contributed by atoms with Gasteiger partial charge in [-0.15, -0.1) is 11.8 Å². The molecule has 1 N–H and O–H groups in total. The second-order valence-electron chi connectivity index (χ2n) is 6.13. The van der Waals surface area contributed by atoms with Gasteiger partial charge < -0.3 is 14.8 Å². The van der Waals surface area contributed by atoms with Crippen LogP contribution in [0.15, 0.2) is 29.3 Å². The zero-order chi connectivity index (χ0) is 17.9. The molecule has 0 radical (unpaired) electrons. The average Bonchev–Trinajstić information content (AvgIpc) is 3.28. The summed E-state index contributed by atoms with van der Waals surface area (Å²) in [5.41, 5.74) is 3.56. The Labute approximate surface area is 155 Å². The molecule has 2 aliphatic rings. The summed E-state index contributed by atoms with van der Waals surface area (Å²) in [4.78, 5) is 16.8. The number of hydrogen-bond acceptors (Lipinski definition) is 6. The summed E-state index contributed by atoms with van der Waals surface area (Å²) in [6.45, 7) is 0.207. The quantitative estimate of drug-likeness (QED) is 0.817. The number of anilines is 1. The molecule has 1 amide bonds. The number of carbonyl (C=O) groups excluding carboxylic acids is 1. The van der Waals surface area contributed by atoms with E-state index in [9.17, 15) is 10.1 Å². The first-order valence-electron chi connectivity index (χ1n) is 8.48. The topological polar surface area (TPSA) is 84.2 Å². The monoisotopic (exact) mass is 367 g/mol. The molecule has 1 aromatic carbocycles. The first kappa shape index (κ1) is 16.7. The standard InChI is InChI=1S/C19H17N3O3S/c20-10-13-8-12-2-1-3-15(12)22-19(13)26-7-6-18(23)21-14-4-5-16-17(9-14)25-11-24-16/h4-5,8-9H,1-3,6-7,11H2,(H,21,23). The van der Waals surface area contributed by atoms with Crippen molar-refractivity contribution in [2.24, 2.45) is 0 Å². The van der Waals surface area contributed by atoms with Gasteiger partial charge in [-0.2, -0.15) is 5.26 Å². The van der Waals surface area contributed by atoms with E-state index in [1.165, 1.54) is 17.3 Å². The number of aromatic nitrogens is 1. The summed E-state index contributed by atoms with van der Waals surface area (Å²) in [6, 6.07) is 9.48. The van der Waals surface area contributed by atoms with E-state index >= 15 is 0 Å². The molecule has 0 atom stereocenters. The first-order chi connectivity index (χ1) is 12.7. The third kappa shape index (κ3) is 3.46. The number of benzene rings is 1. The van der Waals surface area contributed by atoms with E-state index in [2.05, 4.69) is 16.4 Å². The number of nitrogens with one attached hydrogen (secondary N) is 1. The van der Waals surface area contributed by atoms with E-state index in [0.29, 0.717) is 34.9 Å². The van der Waals surface area contributed by atoms with E-state index in [4.69, 9.17) is 9.47 Å². The molecule has 0 spiro atoms. The highest BCUT2D eigenvalue weighted by Crippen LogP contribution is 2.34. The van der Waals surface area contributed by atoms with Crippen LogP contribution in [0.2, 0.25) is 0 Å². The maximum Gasteiger partial charge on any atom is 0.231 e. The number of amides is 1. The summed E-state index contributed by atoms with van der Waals surface area (Å²) >= 11 is 1.46. The number of carbonyl (C=O) groups is 1. The van der Waals surface area contributed by atoms with Crippen LogP contribution in [0.1, 0.15) is 29.7 Å². The van der Waals surface area contributed by atoms with Gasteiger partial charge in [0, 0.05) is 29.6 Å². The van der Waals surface area contributed by atoms with E-state index in [1.807, 2.05) is 6.07 Å². The van der Waals surface area contributed by atoms with Crippen molar-refractivity contribution in [2.75, 3.05) is 17.9 Å². The number of thioether (sulfide) groups is 1. The van der Waals surface area contributed by atoms with Crippen LogP contribution in [-0.2, 0) is 17.6 Å². The van der Waals surface area contributed by atoms with Gasteiger partial charge >= 0.3 is 0 Å². The van der Waals surface area contributed by atoms with Gasteiger partial charge in [0.15, 0.2) is 11.5 Å². The fraction of sp³-hybridized carbons (Fsp3) is 0.316. The second kappa shape index (κ2) is 7.26. The molecule has 0 bridgehead atoms. The highest BCUT2D eigenvalue weighted by molar-refractivity contribution is 7.99. The predicted octanol–water partition coefficient (Wildman–Crippen LogP) is 3.29. The van der Waals surface area contributed by atoms with Crippen molar-refractivity contribution < 1.29 is 14.3 Å². The Morgan fingerprint density at radius 2 is 2.15 bits per heavy atom. The SMILES string of the molecule is N#Cc1cc2c(nc1SCCC(=O)Nc1ccc3c(c1)OCO3)CCC2. The third-order valence-electron chi connectivity index (χ3n) is 4.36. The Bertz CT molecular complexity index is 908. The minimum Gasteiger partial charge on any atom is -0.454 e. The van der Waals surface area contributed by atoms with Crippen LogP contribution in [0.3, 0.4) is 0 Å². The van der Waals surface area contributed by atoms with Gasteiger partial charge in [0.1, 0.15) is 11.1 Å². The number of aryl methyl sites for hydroxylation is 2. The highest BCUT2D eigenvalue weighted by Gasteiger charge is 2.17. The Morgan fingerprint density at radius 3 is 3.04 bits per heavy atom. The number of rotatable bonds is 5. The van der Waals surface area contributed by atoms with Gasteiger partial charge in [-0.05, 0) is 43.0 Å². The van der Waals surface area contributed by atoms with Crippen LogP contribution in [-0.4, -0.2) is 23.4 Å². The molecule has 26 heavy (non-hydrogen) atoms. The van der Waals surface area contributed by atoms with Crippen molar-refractivity contribution in [3.8, 4) is 17.6 Å². The maximum atomic E-state index is 12.2. The normalized spacial score (nSPS) is 14.0. The second-order valence-corrected chi connectivity index (χ2v) is 7.21. The first-order valence-corrected chi connectivity index (χ1v) is 9.46. The van der Waals surface area contributed by atoms with Crippen LogP contribution < -0.4 is 14.8 Å². The van der Waals surface area contributed by atoms with E-state index in [-0.39, 0.29) is 12.7 Å². The van der Waals surface area contributed by atoms with Crippen molar-refractivity contribution >= 4 is 23.4 Å². The molecule has 0 saturated carbocycles. The molecular weight excluding hydrogens is 350 g/mol. The van der Waals surface area contributed by atoms with Crippen LogP contribution >= 0.6 is 11.8 Å². The molecule has 132 valence electrons. The number of nitriles is 1. The minimum atomic E-state index is -0.0870. The Kier molecular flexibility index (Phi) is 4.67. The lowest BCUT2D eigenvalue weighted by molar-refractivity contribution is -0.115. The molecule has 7 heteroatoms. The molecule has 2 heterocycles. The number of hydrogen-bond donors (Lipinski definition) is 1. The fourth-order valence-electron chi connectivity index (χ4n) is 3.08. The Morgan fingerprint density at radius 1 is 1.27 bits per heavy atom. The van der Waals surface area contributed by atoms with Gasteiger partial charge in [-0.25, -0.2) is 4.98 Å². The van der Waals surface area contributed by atoms with Crippen molar-refractivity contribution in [3.05, 3.63) is 41.1 Å². The van der Waals surface area contributed by atoms with E-state index in [1.54, 1.807) is 18.2 Å². The molecule has 1 aliphatic heterocycles. The average molecular weight is 367 g/mol. The predicted molar refractivity (Wildman–Crippen MR) is 97.5 cm³/mol. The molecule has 0 fully saturated rings. The zero-order valence-electron chi connectivity index (χ0n) is 14.1. The van der Waals surface area contributed by atoms with Gasteiger partial charge in [0.25, 0.3) is 0 Å².